The van der Waals surface area contributed by atoms with Crippen LogP contribution in [-0.2, 0) is 15.6 Å². The monoisotopic (exact) mass is 388 g/mol. The van der Waals surface area contributed by atoms with E-state index in [1.165, 1.54) is 0 Å². The molecule has 3 N–H and O–H groups in total. The van der Waals surface area contributed by atoms with Crippen LogP contribution in [0.15, 0.2) is 33.6 Å². The maximum atomic E-state index is 12.1. The van der Waals surface area contributed by atoms with E-state index in [1.807, 2.05) is 24.3 Å². The summed E-state index contributed by atoms with van der Waals surface area (Å²) >= 11 is 3.35. The number of amides is 1. The summed E-state index contributed by atoms with van der Waals surface area (Å²) in [6.07, 6.45) is 4.09. The van der Waals surface area contributed by atoms with Gasteiger partial charge in [-0.25, -0.2) is 0 Å². The van der Waals surface area contributed by atoms with Gasteiger partial charge in [0.25, 0.3) is 0 Å². The van der Waals surface area contributed by atoms with Gasteiger partial charge in [0.15, 0.2) is 0 Å². The fourth-order valence-electron chi connectivity index (χ4n) is 2.07. The molecule has 22 heavy (non-hydrogen) atoms. The van der Waals surface area contributed by atoms with Crippen molar-refractivity contribution in [3.8, 4) is 0 Å². The molecule has 0 aromatic heterocycles. The molecule has 6 heteroatoms. The maximum absolute atomic E-state index is 12.1. The molecule has 0 saturated heterocycles. The molecule has 0 fully saturated rings. The van der Waals surface area contributed by atoms with Gasteiger partial charge >= 0.3 is 0 Å². The Balaban J connectivity index is 2.29. The van der Waals surface area contributed by atoms with Crippen LogP contribution < -0.4 is 11.1 Å². The Kier molecular flexibility index (Phi) is 9.59. The van der Waals surface area contributed by atoms with Crippen LogP contribution in [0.25, 0.3) is 0 Å². The predicted molar refractivity (Wildman–Crippen MR) is 95.2 cm³/mol. The van der Waals surface area contributed by atoms with Crippen LogP contribution in [0.1, 0.15) is 39.0 Å². The van der Waals surface area contributed by atoms with Crippen molar-refractivity contribution < 1.29 is 9.00 Å². The van der Waals surface area contributed by atoms with Crippen molar-refractivity contribution in [1.82, 2.24) is 5.32 Å². The summed E-state index contributed by atoms with van der Waals surface area (Å²) in [5, 5.41) is 2.95. The van der Waals surface area contributed by atoms with Gasteiger partial charge in [-0.05, 0) is 37.1 Å². The fourth-order valence-corrected chi connectivity index (χ4v) is 3.41. The van der Waals surface area contributed by atoms with Crippen molar-refractivity contribution in [2.45, 2.75) is 50.0 Å². The number of carbonyl (C=O) groups excluding carboxylic acids is 1. The summed E-state index contributed by atoms with van der Waals surface area (Å²) < 4.78 is 13.1. The third-order valence-electron chi connectivity index (χ3n) is 3.37. The number of hydrogen-bond acceptors (Lipinski definition) is 3. The highest BCUT2D eigenvalue weighted by Gasteiger charge is 2.11. The number of nitrogens with two attached hydrogens (primary N) is 1. The predicted octanol–water partition coefficient (Wildman–Crippen LogP) is 2.97. The number of nitrogens with one attached hydrogen (secondary N) is 1. The van der Waals surface area contributed by atoms with E-state index < -0.39 is 10.8 Å². The summed E-state index contributed by atoms with van der Waals surface area (Å²) in [5.41, 5.74) is 5.66. The summed E-state index contributed by atoms with van der Waals surface area (Å²) in [5.74, 6) is 0.497. The summed E-state index contributed by atoms with van der Waals surface area (Å²) in [6.45, 7) is 2.59. The zero-order chi connectivity index (χ0) is 16.4. The molecule has 0 spiro atoms. The molecule has 124 valence electrons. The molecule has 1 aromatic carbocycles. The lowest BCUT2D eigenvalue weighted by Crippen LogP contribution is -2.40. The Morgan fingerprint density at radius 2 is 2.00 bits per heavy atom. The van der Waals surface area contributed by atoms with Crippen molar-refractivity contribution in [3.63, 3.8) is 0 Å². The van der Waals surface area contributed by atoms with Gasteiger partial charge in [-0.15, -0.1) is 0 Å². The first-order valence-electron chi connectivity index (χ1n) is 7.70. The number of hydrogen-bond donors (Lipinski definition) is 2. The first-order valence-corrected chi connectivity index (χ1v) is 9.81. The van der Waals surface area contributed by atoms with Crippen LogP contribution in [0.2, 0.25) is 0 Å². The van der Waals surface area contributed by atoms with Crippen LogP contribution in [0.3, 0.4) is 0 Å². The van der Waals surface area contributed by atoms with E-state index in [2.05, 4.69) is 28.2 Å². The van der Waals surface area contributed by atoms with E-state index in [0.29, 0.717) is 25.1 Å². The zero-order valence-corrected chi connectivity index (χ0v) is 15.4. The lowest BCUT2D eigenvalue weighted by Gasteiger charge is -2.16. The normalized spacial score (nSPS) is 13.6. The quantitative estimate of drug-likeness (QED) is 0.646. The lowest BCUT2D eigenvalue weighted by molar-refractivity contribution is -0.121. The smallest absolute Gasteiger partial charge is 0.220 e. The van der Waals surface area contributed by atoms with Crippen LogP contribution in [0.5, 0.6) is 0 Å². The van der Waals surface area contributed by atoms with Gasteiger partial charge in [-0.1, -0.05) is 35.7 Å². The molecule has 0 heterocycles. The second kappa shape index (κ2) is 10.9. The van der Waals surface area contributed by atoms with Crippen molar-refractivity contribution in [1.29, 1.82) is 0 Å². The maximum Gasteiger partial charge on any atom is 0.220 e. The van der Waals surface area contributed by atoms with Crippen molar-refractivity contribution in [2.24, 2.45) is 5.73 Å². The molecule has 0 aliphatic carbocycles. The molecule has 4 nitrogen and oxygen atoms in total. The van der Waals surface area contributed by atoms with Crippen LogP contribution in [0, 0.1) is 0 Å². The summed E-state index contributed by atoms with van der Waals surface area (Å²) in [6, 6.07) is 7.49. The Hall–Kier alpha value is -0.720. The SMILES string of the molecule is CCCCC(CN)NC(=O)CCCS(=O)c1ccc(Br)cc1. The van der Waals surface area contributed by atoms with Crippen LogP contribution in [0.4, 0.5) is 0 Å². The zero-order valence-electron chi connectivity index (χ0n) is 13.0. The lowest BCUT2D eigenvalue weighted by atomic mass is 10.1. The number of unbranched alkanes of at least 4 members (excludes halogenated alkanes) is 1. The van der Waals surface area contributed by atoms with E-state index in [4.69, 9.17) is 5.73 Å². The molecule has 0 aliphatic rings. The van der Waals surface area contributed by atoms with E-state index in [9.17, 15) is 9.00 Å². The highest BCUT2D eigenvalue weighted by atomic mass is 79.9. The minimum atomic E-state index is -1.05. The first kappa shape index (κ1) is 19.3. The standard InChI is InChI=1S/C16H25BrN2O2S/c1-2-3-5-14(12-18)19-16(20)6-4-11-22(21)15-9-7-13(17)8-10-15/h7-10,14H,2-6,11-12,18H2,1H3,(H,19,20). The summed E-state index contributed by atoms with van der Waals surface area (Å²) in [7, 11) is -1.05. The van der Waals surface area contributed by atoms with Crippen molar-refractivity contribution in [3.05, 3.63) is 28.7 Å². The molecule has 1 rings (SSSR count). The minimum absolute atomic E-state index is 0.000593. The topological polar surface area (TPSA) is 72.2 Å². The highest BCUT2D eigenvalue weighted by molar-refractivity contribution is 9.10. The molecular weight excluding hydrogens is 364 g/mol. The third-order valence-corrected chi connectivity index (χ3v) is 5.35. The molecule has 2 atom stereocenters. The Labute approximate surface area is 143 Å². The number of carbonyl (C=O) groups is 1. The second-order valence-corrected chi connectivity index (χ2v) is 7.74. The van der Waals surface area contributed by atoms with Crippen molar-refractivity contribution >= 4 is 32.6 Å². The van der Waals surface area contributed by atoms with Gasteiger partial charge in [0.1, 0.15) is 0 Å². The Morgan fingerprint density at radius 3 is 2.59 bits per heavy atom. The molecule has 2 unspecified atom stereocenters. The van der Waals surface area contributed by atoms with Gasteiger partial charge in [-0.2, -0.15) is 0 Å². The van der Waals surface area contributed by atoms with E-state index in [0.717, 1.165) is 28.6 Å². The van der Waals surface area contributed by atoms with E-state index >= 15 is 0 Å². The molecular formula is C16H25BrN2O2S. The number of halogens is 1. The average molecular weight is 389 g/mol. The molecule has 1 amide bonds. The average Bonchev–Trinajstić information content (AvgIpc) is 2.51. The minimum Gasteiger partial charge on any atom is -0.352 e. The number of rotatable bonds is 10. The number of benzene rings is 1. The van der Waals surface area contributed by atoms with Gasteiger partial charge in [0.2, 0.25) is 5.91 Å². The van der Waals surface area contributed by atoms with Gasteiger partial charge in [-0.3, -0.25) is 9.00 Å². The van der Waals surface area contributed by atoms with Crippen LogP contribution >= 0.6 is 15.9 Å². The summed E-state index contributed by atoms with van der Waals surface area (Å²) in [4.78, 5) is 12.7. The Morgan fingerprint density at radius 1 is 1.32 bits per heavy atom. The molecule has 0 radical (unpaired) electrons. The van der Waals surface area contributed by atoms with Crippen molar-refractivity contribution in [2.75, 3.05) is 12.3 Å². The van der Waals surface area contributed by atoms with Gasteiger partial charge < -0.3 is 11.1 Å². The third kappa shape index (κ3) is 7.51. The van der Waals surface area contributed by atoms with Crippen LogP contribution in [-0.4, -0.2) is 28.5 Å². The molecule has 0 saturated carbocycles. The van der Waals surface area contributed by atoms with Gasteiger partial charge in [0.05, 0.1) is 10.8 Å². The first-order chi connectivity index (χ1) is 10.6. The second-order valence-electron chi connectivity index (χ2n) is 5.25. The highest BCUT2D eigenvalue weighted by Crippen LogP contribution is 2.14. The van der Waals surface area contributed by atoms with E-state index in [-0.39, 0.29) is 11.9 Å². The molecule has 0 bridgehead atoms. The molecule has 1 aromatic rings. The van der Waals surface area contributed by atoms with E-state index in [1.54, 1.807) is 0 Å². The molecule has 0 aliphatic heterocycles. The Bertz CT molecular complexity index is 480. The fraction of sp³-hybridized carbons (Fsp3) is 0.562. The largest absolute Gasteiger partial charge is 0.352 e. The van der Waals surface area contributed by atoms with Gasteiger partial charge in [0, 0.05) is 34.1 Å².